The van der Waals surface area contributed by atoms with Crippen molar-refractivity contribution in [3.05, 3.63) is 60.3 Å². The van der Waals surface area contributed by atoms with Crippen molar-refractivity contribution < 1.29 is 19.1 Å². The first-order valence-corrected chi connectivity index (χ1v) is 11.5. The zero-order valence-corrected chi connectivity index (χ0v) is 19.5. The Labute approximate surface area is 198 Å². The molecule has 1 fully saturated rings. The number of hydrogen-bond donors (Lipinski definition) is 3. The molecule has 1 aromatic heterocycles. The van der Waals surface area contributed by atoms with Crippen LogP contribution in [0.3, 0.4) is 0 Å². The standard InChI is InChI=1S/C26H30N4O4/c1-17(31)28-23(15-19-16-27-21-8-4-3-7-20(19)21)26(33)30-13-11-18(12-14-30)25(32)29-22-9-5-6-10-24(22)34-2/h3-10,16,18,23,27H,11-15H2,1-2H3,(H,28,31)(H,29,32). The molecule has 0 saturated carbocycles. The Morgan fingerprint density at radius 3 is 2.53 bits per heavy atom. The van der Waals surface area contributed by atoms with E-state index in [1.807, 2.05) is 42.6 Å². The van der Waals surface area contributed by atoms with Crippen LogP contribution < -0.4 is 15.4 Å². The third-order valence-electron chi connectivity index (χ3n) is 6.32. The third kappa shape index (κ3) is 5.22. The van der Waals surface area contributed by atoms with Gasteiger partial charge in [0.25, 0.3) is 0 Å². The monoisotopic (exact) mass is 462 g/mol. The van der Waals surface area contributed by atoms with E-state index < -0.39 is 6.04 Å². The van der Waals surface area contributed by atoms with Gasteiger partial charge in [-0.05, 0) is 36.6 Å². The van der Waals surface area contributed by atoms with Gasteiger partial charge in [0.2, 0.25) is 17.7 Å². The number of hydrogen-bond acceptors (Lipinski definition) is 4. The van der Waals surface area contributed by atoms with Crippen LogP contribution in [0.2, 0.25) is 0 Å². The van der Waals surface area contributed by atoms with Crippen molar-refractivity contribution >= 4 is 34.3 Å². The molecule has 0 spiro atoms. The largest absolute Gasteiger partial charge is 0.495 e. The molecule has 0 bridgehead atoms. The fourth-order valence-electron chi connectivity index (χ4n) is 4.53. The van der Waals surface area contributed by atoms with Crippen LogP contribution in [0, 0.1) is 5.92 Å². The van der Waals surface area contributed by atoms with Crippen LogP contribution in [0.1, 0.15) is 25.3 Å². The second-order valence-electron chi connectivity index (χ2n) is 8.61. The molecule has 3 amide bonds. The summed E-state index contributed by atoms with van der Waals surface area (Å²) in [5, 5.41) is 6.80. The lowest BCUT2D eigenvalue weighted by molar-refractivity contribution is -0.138. The topological polar surface area (TPSA) is 104 Å². The van der Waals surface area contributed by atoms with Crippen LogP contribution in [0.15, 0.2) is 54.7 Å². The van der Waals surface area contributed by atoms with Gasteiger partial charge in [0.1, 0.15) is 11.8 Å². The van der Waals surface area contributed by atoms with Crippen LogP contribution in [0.5, 0.6) is 5.75 Å². The molecular formula is C26H30N4O4. The molecule has 0 radical (unpaired) electrons. The lowest BCUT2D eigenvalue weighted by Gasteiger charge is -2.34. The van der Waals surface area contributed by atoms with Crippen molar-refractivity contribution in [3.63, 3.8) is 0 Å². The van der Waals surface area contributed by atoms with E-state index in [0.29, 0.717) is 43.8 Å². The van der Waals surface area contributed by atoms with Gasteiger partial charge >= 0.3 is 0 Å². The Bertz CT molecular complexity index is 1180. The summed E-state index contributed by atoms with van der Waals surface area (Å²) in [6.07, 6.45) is 3.41. The molecule has 1 aliphatic heterocycles. The van der Waals surface area contributed by atoms with Gasteiger partial charge < -0.3 is 25.3 Å². The van der Waals surface area contributed by atoms with Crippen molar-refractivity contribution in [2.45, 2.75) is 32.2 Å². The van der Waals surface area contributed by atoms with Crippen LogP contribution >= 0.6 is 0 Å². The summed E-state index contributed by atoms with van der Waals surface area (Å²) in [6, 6.07) is 14.5. The van der Waals surface area contributed by atoms with Gasteiger partial charge in [-0.2, -0.15) is 0 Å². The molecule has 8 heteroatoms. The number of fused-ring (bicyclic) bond motifs is 1. The number of anilines is 1. The SMILES string of the molecule is COc1ccccc1NC(=O)C1CCN(C(=O)C(Cc2c[nH]c3ccccc23)NC(C)=O)CC1. The zero-order chi connectivity index (χ0) is 24.1. The lowest BCUT2D eigenvalue weighted by Crippen LogP contribution is -2.52. The molecular weight excluding hydrogens is 432 g/mol. The highest BCUT2D eigenvalue weighted by Gasteiger charge is 2.32. The van der Waals surface area contributed by atoms with Gasteiger partial charge in [-0.1, -0.05) is 30.3 Å². The van der Waals surface area contributed by atoms with E-state index in [1.54, 1.807) is 24.1 Å². The quantitative estimate of drug-likeness (QED) is 0.502. The van der Waals surface area contributed by atoms with Gasteiger partial charge in [-0.15, -0.1) is 0 Å². The fraction of sp³-hybridized carbons (Fsp3) is 0.346. The van der Waals surface area contributed by atoms with E-state index in [-0.39, 0.29) is 23.6 Å². The van der Waals surface area contributed by atoms with Crippen molar-refractivity contribution in [3.8, 4) is 5.75 Å². The smallest absolute Gasteiger partial charge is 0.245 e. The highest BCUT2D eigenvalue weighted by Crippen LogP contribution is 2.26. The van der Waals surface area contributed by atoms with Gasteiger partial charge in [-0.25, -0.2) is 0 Å². The molecule has 8 nitrogen and oxygen atoms in total. The third-order valence-corrected chi connectivity index (χ3v) is 6.32. The van der Waals surface area contributed by atoms with Gasteiger partial charge in [0.15, 0.2) is 0 Å². The maximum Gasteiger partial charge on any atom is 0.245 e. The van der Waals surface area contributed by atoms with E-state index in [1.165, 1.54) is 6.92 Å². The number of aromatic nitrogens is 1. The number of H-pyrrole nitrogens is 1. The average Bonchev–Trinajstić information content (AvgIpc) is 3.26. The number of carbonyl (C=O) groups is 3. The summed E-state index contributed by atoms with van der Waals surface area (Å²) in [4.78, 5) is 42.9. The fourth-order valence-corrected chi connectivity index (χ4v) is 4.53. The number of carbonyl (C=O) groups excluding carboxylic acids is 3. The highest BCUT2D eigenvalue weighted by atomic mass is 16.5. The number of para-hydroxylation sites is 3. The Hall–Kier alpha value is -3.81. The second kappa shape index (κ2) is 10.4. The molecule has 3 N–H and O–H groups in total. The van der Waals surface area contributed by atoms with Crippen LogP contribution in [0.4, 0.5) is 5.69 Å². The minimum atomic E-state index is -0.657. The van der Waals surface area contributed by atoms with E-state index in [0.717, 1.165) is 16.5 Å². The van der Waals surface area contributed by atoms with Crippen molar-refractivity contribution in [1.29, 1.82) is 0 Å². The minimum absolute atomic E-state index is 0.0752. The van der Waals surface area contributed by atoms with Gasteiger partial charge in [-0.3, -0.25) is 14.4 Å². The van der Waals surface area contributed by atoms with Crippen LogP contribution in [-0.2, 0) is 20.8 Å². The lowest BCUT2D eigenvalue weighted by atomic mass is 9.94. The zero-order valence-electron chi connectivity index (χ0n) is 19.5. The molecule has 4 rings (SSSR count). The predicted molar refractivity (Wildman–Crippen MR) is 131 cm³/mol. The number of piperidine rings is 1. The molecule has 1 aliphatic rings. The highest BCUT2D eigenvalue weighted by molar-refractivity contribution is 5.94. The number of amides is 3. The van der Waals surface area contributed by atoms with E-state index in [4.69, 9.17) is 4.74 Å². The van der Waals surface area contributed by atoms with Crippen molar-refractivity contribution in [1.82, 2.24) is 15.2 Å². The Balaban J connectivity index is 1.39. The number of ether oxygens (including phenoxy) is 1. The maximum atomic E-state index is 13.3. The number of nitrogens with one attached hydrogen (secondary N) is 3. The number of methoxy groups -OCH3 is 1. The summed E-state index contributed by atoms with van der Waals surface area (Å²) < 4.78 is 5.31. The Morgan fingerprint density at radius 2 is 1.79 bits per heavy atom. The number of likely N-dealkylation sites (tertiary alicyclic amines) is 1. The summed E-state index contributed by atoms with van der Waals surface area (Å²) in [5.74, 6) is -0.0252. The molecule has 178 valence electrons. The van der Waals surface area contributed by atoms with Gasteiger partial charge in [0.05, 0.1) is 12.8 Å². The van der Waals surface area contributed by atoms with E-state index in [2.05, 4.69) is 15.6 Å². The minimum Gasteiger partial charge on any atom is -0.495 e. The Morgan fingerprint density at radius 1 is 1.09 bits per heavy atom. The van der Waals surface area contributed by atoms with Crippen LogP contribution in [0.25, 0.3) is 10.9 Å². The molecule has 34 heavy (non-hydrogen) atoms. The molecule has 1 atom stereocenters. The summed E-state index contributed by atoms with van der Waals surface area (Å²) in [5.41, 5.74) is 2.61. The summed E-state index contributed by atoms with van der Waals surface area (Å²) in [6.45, 7) is 2.35. The number of aromatic amines is 1. The molecule has 2 aromatic carbocycles. The first kappa shape index (κ1) is 23.4. The average molecular weight is 463 g/mol. The molecule has 1 saturated heterocycles. The second-order valence-corrected chi connectivity index (χ2v) is 8.61. The molecule has 0 aliphatic carbocycles. The molecule has 3 aromatic rings. The number of benzene rings is 2. The van der Waals surface area contributed by atoms with Crippen LogP contribution in [-0.4, -0.2) is 53.8 Å². The number of rotatable bonds is 7. The van der Waals surface area contributed by atoms with Crippen molar-refractivity contribution in [2.75, 3.05) is 25.5 Å². The maximum absolute atomic E-state index is 13.3. The molecule has 1 unspecified atom stereocenters. The predicted octanol–water partition coefficient (Wildman–Crippen LogP) is 3.10. The van der Waals surface area contributed by atoms with E-state index in [9.17, 15) is 14.4 Å². The molecule has 2 heterocycles. The first-order valence-electron chi connectivity index (χ1n) is 11.5. The summed E-state index contributed by atoms with van der Waals surface area (Å²) >= 11 is 0. The van der Waals surface area contributed by atoms with E-state index >= 15 is 0 Å². The Kier molecular flexibility index (Phi) is 7.15. The first-order chi connectivity index (χ1) is 16.5. The number of nitrogens with zero attached hydrogens (tertiary/aromatic N) is 1. The summed E-state index contributed by atoms with van der Waals surface area (Å²) in [7, 11) is 1.57. The normalized spacial score (nSPS) is 15.1. The van der Waals surface area contributed by atoms with Gasteiger partial charge in [0, 0.05) is 49.5 Å². The van der Waals surface area contributed by atoms with Crippen molar-refractivity contribution in [2.24, 2.45) is 5.92 Å².